The zero-order valence-corrected chi connectivity index (χ0v) is 8.49. The van der Waals surface area contributed by atoms with Crippen molar-refractivity contribution in [2.45, 2.75) is 26.0 Å². The lowest BCUT2D eigenvalue weighted by Crippen LogP contribution is -2.33. The van der Waals surface area contributed by atoms with Gasteiger partial charge in [0, 0.05) is 22.6 Å². The van der Waals surface area contributed by atoms with E-state index in [0.29, 0.717) is 5.92 Å². The molecule has 0 saturated heterocycles. The lowest BCUT2D eigenvalue weighted by molar-refractivity contribution is 0.0407. The summed E-state index contributed by atoms with van der Waals surface area (Å²) in [7, 11) is 2.90. The first-order valence-corrected chi connectivity index (χ1v) is 4.06. The van der Waals surface area contributed by atoms with Gasteiger partial charge in [0.1, 0.15) is 0 Å². The Morgan fingerprint density at radius 1 is 1.50 bits per heavy atom. The van der Waals surface area contributed by atoms with Crippen LogP contribution in [0.25, 0.3) is 0 Å². The summed E-state index contributed by atoms with van der Waals surface area (Å²) in [4.78, 5) is 0. The summed E-state index contributed by atoms with van der Waals surface area (Å²) in [5.41, 5.74) is 0. The van der Waals surface area contributed by atoms with Gasteiger partial charge in [-0.2, -0.15) is 0 Å². The third-order valence-electron chi connectivity index (χ3n) is 1.92. The van der Waals surface area contributed by atoms with E-state index in [2.05, 4.69) is 20.8 Å². The van der Waals surface area contributed by atoms with E-state index >= 15 is 0 Å². The van der Waals surface area contributed by atoms with Gasteiger partial charge in [0.15, 0.2) is 0 Å². The second-order valence-electron chi connectivity index (χ2n) is 2.96. The minimum absolute atomic E-state index is 0.181. The number of rotatable bonds is 2. The fraction of sp³-hybridized carbons (Fsp3) is 1.00. The fourth-order valence-corrected chi connectivity index (χ4v) is 0.236. The van der Waals surface area contributed by atoms with Crippen LogP contribution in [0.4, 0.5) is 0 Å². The van der Waals surface area contributed by atoms with E-state index in [1.807, 2.05) is 0 Å². The van der Waals surface area contributed by atoms with E-state index in [9.17, 15) is 0 Å². The predicted molar refractivity (Wildman–Crippen MR) is 40.2 cm³/mol. The molecule has 2 heteroatoms. The average molecular weight is 132 g/mol. The molecule has 0 heterocycles. The Kier molecular flexibility index (Phi) is 2.70. The van der Waals surface area contributed by atoms with Gasteiger partial charge in [-0.05, 0) is 12.8 Å². The second kappa shape index (κ2) is 2.64. The summed E-state index contributed by atoms with van der Waals surface area (Å²) >= 11 is 0. The van der Waals surface area contributed by atoms with Crippen molar-refractivity contribution in [3.05, 3.63) is 0 Å². The van der Waals surface area contributed by atoms with Crippen LogP contribution in [0, 0.1) is 5.92 Å². The van der Waals surface area contributed by atoms with Crippen LogP contribution in [0.2, 0.25) is 0 Å². The van der Waals surface area contributed by atoms with Gasteiger partial charge < -0.3 is 4.74 Å². The molecule has 1 nitrogen and oxygen atoms in total. The normalized spacial score (nSPS) is 19.1. The van der Waals surface area contributed by atoms with Crippen molar-refractivity contribution in [3.8, 4) is 0 Å². The minimum atomic E-state index is 0.181. The topological polar surface area (TPSA) is 9.23 Å². The summed E-state index contributed by atoms with van der Waals surface area (Å²) < 4.78 is 5.26. The molecule has 0 rings (SSSR count). The highest BCUT2D eigenvalue weighted by Crippen LogP contribution is 2.14. The van der Waals surface area contributed by atoms with E-state index in [1.165, 1.54) is 0 Å². The molecule has 0 aromatic heterocycles. The summed E-state index contributed by atoms with van der Waals surface area (Å²) in [5, 5.41) is 0.181. The van der Waals surface area contributed by atoms with Gasteiger partial charge in [0.05, 0.1) is 0 Å². The summed E-state index contributed by atoms with van der Waals surface area (Å²) in [6.07, 6.45) is 0. The van der Waals surface area contributed by atoms with Crippen LogP contribution in [0.15, 0.2) is 0 Å². The van der Waals surface area contributed by atoms with Gasteiger partial charge in [-0.15, -0.1) is 0 Å². The Balaban J connectivity index is 3.71. The molecular formula is C6H16OSi. The Morgan fingerprint density at radius 3 is 1.88 bits per heavy atom. The van der Waals surface area contributed by atoms with E-state index in [-0.39, 0.29) is 5.22 Å². The van der Waals surface area contributed by atoms with Gasteiger partial charge in [0.2, 0.25) is 0 Å². The minimum Gasteiger partial charge on any atom is -0.383 e. The molecular weight excluding hydrogens is 116 g/mol. The summed E-state index contributed by atoms with van der Waals surface area (Å²) in [5.74, 6) is 0.652. The molecule has 1 atom stereocenters. The molecule has 0 aliphatic heterocycles. The van der Waals surface area contributed by atoms with Crippen LogP contribution < -0.4 is 0 Å². The highest BCUT2D eigenvalue weighted by Gasteiger charge is 2.19. The fourth-order valence-electron chi connectivity index (χ4n) is 0.236. The van der Waals surface area contributed by atoms with Crippen LogP contribution in [-0.2, 0) is 4.74 Å². The molecule has 0 amide bonds. The van der Waals surface area contributed by atoms with Gasteiger partial charge in [-0.3, -0.25) is 0 Å². The van der Waals surface area contributed by atoms with Crippen molar-refractivity contribution >= 4 is 10.2 Å². The standard InChI is InChI=1S/C6H16OSi/c1-5(2)6(3,8)7-4/h5H,1-4,8H3. The van der Waals surface area contributed by atoms with Crippen LogP contribution >= 0.6 is 0 Å². The molecule has 50 valence electrons. The van der Waals surface area contributed by atoms with Gasteiger partial charge in [0.25, 0.3) is 0 Å². The first-order chi connectivity index (χ1) is 3.50. The van der Waals surface area contributed by atoms with Crippen molar-refractivity contribution in [2.24, 2.45) is 5.92 Å². The van der Waals surface area contributed by atoms with Gasteiger partial charge in [-0.1, -0.05) is 13.8 Å². The zero-order valence-electron chi connectivity index (χ0n) is 6.49. The lowest BCUT2D eigenvalue weighted by atomic mass is 10.1. The first-order valence-electron chi connectivity index (χ1n) is 3.06. The number of ether oxygens (including phenoxy) is 1. The molecule has 0 aromatic rings. The molecule has 0 aliphatic carbocycles. The number of hydrogen-bond donors (Lipinski definition) is 0. The van der Waals surface area contributed by atoms with E-state index < -0.39 is 0 Å². The smallest absolute Gasteiger partial charge is 0.0477 e. The maximum absolute atomic E-state index is 5.26. The molecule has 0 fully saturated rings. The lowest BCUT2D eigenvalue weighted by Gasteiger charge is -2.27. The molecule has 8 heavy (non-hydrogen) atoms. The van der Waals surface area contributed by atoms with E-state index in [0.717, 1.165) is 10.2 Å². The van der Waals surface area contributed by atoms with Crippen LogP contribution in [0.5, 0.6) is 0 Å². The van der Waals surface area contributed by atoms with Crippen molar-refractivity contribution in [1.29, 1.82) is 0 Å². The average Bonchev–Trinajstić information content (AvgIpc) is 1.67. The van der Waals surface area contributed by atoms with E-state index in [1.54, 1.807) is 7.11 Å². The molecule has 0 spiro atoms. The van der Waals surface area contributed by atoms with E-state index in [4.69, 9.17) is 4.74 Å². The molecule has 1 unspecified atom stereocenters. The molecule has 0 radical (unpaired) electrons. The van der Waals surface area contributed by atoms with Crippen molar-refractivity contribution in [1.82, 2.24) is 0 Å². The first kappa shape index (κ1) is 8.18. The van der Waals surface area contributed by atoms with Gasteiger partial charge >= 0.3 is 0 Å². The van der Waals surface area contributed by atoms with Crippen molar-refractivity contribution in [2.75, 3.05) is 7.11 Å². The van der Waals surface area contributed by atoms with Crippen molar-refractivity contribution < 1.29 is 4.74 Å². The molecule has 0 bridgehead atoms. The van der Waals surface area contributed by atoms with Crippen molar-refractivity contribution in [3.63, 3.8) is 0 Å². The number of methoxy groups -OCH3 is 1. The summed E-state index contributed by atoms with van der Waals surface area (Å²) in [6.45, 7) is 6.54. The quantitative estimate of drug-likeness (QED) is 0.493. The monoisotopic (exact) mass is 132 g/mol. The Morgan fingerprint density at radius 2 is 1.88 bits per heavy atom. The highest BCUT2D eigenvalue weighted by molar-refractivity contribution is 6.14. The SMILES string of the molecule is COC(C)([SiH3])C(C)C. The second-order valence-corrected chi connectivity index (χ2v) is 4.95. The highest BCUT2D eigenvalue weighted by atomic mass is 28.1. The van der Waals surface area contributed by atoms with Crippen LogP contribution in [-0.4, -0.2) is 22.6 Å². The molecule has 0 N–H and O–H groups in total. The third kappa shape index (κ3) is 1.97. The predicted octanol–water partition coefficient (Wildman–Crippen LogP) is 0.370. The van der Waals surface area contributed by atoms with Gasteiger partial charge in [-0.25, -0.2) is 0 Å². The molecule has 0 aromatic carbocycles. The maximum atomic E-state index is 5.26. The Hall–Kier alpha value is 0.177. The third-order valence-corrected chi connectivity index (χ3v) is 3.48. The largest absolute Gasteiger partial charge is 0.383 e. The zero-order chi connectivity index (χ0) is 6.78. The number of hydrogen-bond acceptors (Lipinski definition) is 1. The molecule has 0 saturated carbocycles. The Labute approximate surface area is 54.8 Å². The van der Waals surface area contributed by atoms with Crippen LogP contribution in [0.3, 0.4) is 0 Å². The van der Waals surface area contributed by atoms with Crippen LogP contribution in [0.1, 0.15) is 20.8 Å². The maximum Gasteiger partial charge on any atom is 0.0477 e. The Bertz CT molecular complexity index is 68.9. The summed E-state index contributed by atoms with van der Waals surface area (Å²) in [6, 6.07) is 0. The molecule has 0 aliphatic rings.